The fourth-order valence-corrected chi connectivity index (χ4v) is 3.86. The van der Waals surface area contributed by atoms with Gasteiger partial charge in [0.2, 0.25) is 15.9 Å². The van der Waals surface area contributed by atoms with Crippen LogP contribution in [-0.2, 0) is 21.4 Å². The van der Waals surface area contributed by atoms with Gasteiger partial charge in [-0.05, 0) is 29.8 Å². The number of hydrogen-bond acceptors (Lipinski definition) is 6. The maximum atomic E-state index is 11.6. The number of benzene rings is 3. The molecule has 0 aliphatic rings. The Morgan fingerprint density at radius 2 is 1.56 bits per heavy atom. The van der Waals surface area contributed by atoms with Crippen LogP contribution >= 0.6 is 12.6 Å². The summed E-state index contributed by atoms with van der Waals surface area (Å²) in [5.41, 5.74) is 1.90. The summed E-state index contributed by atoms with van der Waals surface area (Å²) in [6.07, 6.45) is 0. The second-order valence-corrected chi connectivity index (χ2v) is 8.58. The van der Waals surface area contributed by atoms with E-state index in [1.165, 1.54) is 13.0 Å². The number of carboxylic acids is 1. The molecule has 10 heteroatoms. The minimum absolute atomic E-state index is 0.0359. The van der Waals surface area contributed by atoms with Crippen LogP contribution in [0.25, 0.3) is 0 Å². The Balaban J connectivity index is 0.000000303. The molecular weight excluding hydrogens is 450 g/mol. The van der Waals surface area contributed by atoms with Gasteiger partial charge in [-0.2, -0.15) is 0 Å². The number of carbonyl (C=O) groups excluding carboxylic acids is 1. The van der Waals surface area contributed by atoms with E-state index in [9.17, 15) is 18.0 Å². The molecule has 0 spiro atoms. The van der Waals surface area contributed by atoms with Gasteiger partial charge in [0.25, 0.3) is 0 Å². The molecule has 0 heterocycles. The van der Waals surface area contributed by atoms with Crippen molar-refractivity contribution in [3.63, 3.8) is 0 Å². The average molecular weight is 474 g/mol. The van der Waals surface area contributed by atoms with Crippen molar-refractivity contribution < 1.29 is 23.1 Å². The summed E-state index contributed by atoms with van der Waals surface area (Å²) >= 11 is 4.15. The van der Waals surface area contributed by atoms with Gasteiger partial charge in [0, 0.05) is 24.1 Å². The molecule has 0 atom stereocenters. The van der Waals surface area contributed by atoms with Gasteiger partial charge in [0.1, 0.15) is 0 Å². The van der Waals surface area contributed by atoms with Gasteiger partial charge >= 0.3 is 5.97 Å². The van der Waals surface area contributed by atoms with E-state index in [1.807, 2.05) is 60.7 Å². The normalized spacial score (nSPS) is 10.5. The van der Waals surface area contributed by atoms with E-state index >= 15 is 0 Å². The zero-order valence-electron chi connectivity index (χ0n) is 17.1. The number of anilines is 2. The first-order valence-electron chi connectivity index (χ1n) is 9.31. The molecule has 0 saturated carbocycles. The molecule has 3 rings (SSSR count). The highest BCUT2D eigenvalue weighted by atomic mass is 32.2. The lowest BCUT2D eigenvalue weighted by molar-refractivity contribution is -0.114. The smallest absolute Gasteiger partial charge is 0.335 e. The number of rotatable bonds is 6. The topological polar surface area (TPSA) is 139 Å². The lowest BCUT2D eigenvalue weighted by atomic mass is 10.2. The number of nitrogens with two attached hydrogens (primary N) is 1. The highest BCUT2D eigenvalue weighted by molar-refractivity contribution is 7.90. The standard InChI is InChI=1S/C14H14N2O4S2.C8H9NO/c15-22(19,20)12-7-10(14(17)18)6-11(13(12)21)16-8-9-4-2-1-3-5-9;1-7(10)9-8-5-3-2-4-6-8/h1-7,16,21H,8H2,(H,17,18)(H2,15,19,20);2-6H,1H3,(H,9,10). The quantitative estimate of drug-likeness (QED) is 0.347. The molecule has 32 heavy (non-hydrogen) atoms. The number of para-hydroxylation sites is 1. The molecule has 3 aromatic rings. The van der Waals surface area contributed by atoms with E-state index < -0.39 is 16.0 Å². The molecule has 0 fully saturated rings. The molecule has 0 bridgehead atoms. The maximum absolute atomic E-state index is 11.6. The summed E-state index contributed by atoms with van der Waals surface area (Å²) in [6, 6.07) is 21.0. The van der Waals surface area contributed by atoms with Crippen LogP contribution < -0.4 is 15.8 Å². The minimum atomic E-state index is -4.07. The third-order valence-corrected chi connectivity index (χ3v) is 5.62. The average Bonchev–Trinajstić information content (AvgIpc) is 2.73. The van der Waals surface area contributed by atoms with Crippen LogP contribution in [0, 0.1) is 0 Å². The fraction of sp³-hybridized carbons (Fsp3) is 0.0909. The van der Waals surface area contributed by atoms with E-state index in [0.717, 1.165) is 17.3 Å². The van der Waals surface area contributed by atoms with Crippen LogP contribution in [-0.4, -0.2) is 25.4 Å². The number of carboxylic acid groups (broad SMARTS) is 1. The molecule has 0 aliphatic carbocycles. The number of nitrogens with one attached hydrogen (secondary N) is 2. The highest BCUT2D eigenvalue weighted by Crippen LogP contribution is 2.29. The Bertz CT molecular complexity index is 1180. The highest BCUT2D eigenvalue weighted by Gasteiger charge is 2.19. The van der Waals surface area contributed by atoms with Crippen molar-refractivity contribution in [2.75, 3.05) is 10.6 Å². The third kappa shape index (κ3) is 7.73. The predicted molar refractivity (Wildman–Crippen MR) is 127 cm³/mol. The van der Waals surface area contributed by atoms with Crippen molar-refractivity contribution in [2.45, 2.75) is 23.3 Å². The fourth-order valence-electron chi connectivity index (χ4n) is 2.60. The van der Waals surface area contributed by atoms with Crippen molar-refractivity contribution in [1.82, 2.24) is 0 Å². The first-order valence-corrected chi connectivity index (χ1v) is 11.3. The van der Waals surface area contributed by atoms with E-state index in [1.54, 1.807) is 0 Å². The lowest BCUT2D eigenvalue weighted by Gasteiger charge is -2.13. The summed E-state index contributed by atoms with van der Waals surface area (Å²) < 4.78 is 23.1. The zero-order chi connectivity index (χ0) is 23.7. The number of aromatic carboxylic acids is 1. The largest absolute Gasteiger partial charge is 0.478 e. The van der Waals surface area contributed by atoms with Crippen LogP contribution in [0.15, 0.2) is 82.6 Å². The van der Waals surface area contributed by atoms with Crippen LogP contribution in [0.5, 0.6) is 0 Å². The number of hydrogen-bond donors (Lipinski definition) is 5. The second-order valence-electron chi connectivity index (χ2n) is 6.61. The third-order valence-electron chi connectivity index (χ3n) is 4.05. The molecular formula is C22H23N3O5S2. The van der Waals surface area contributed by atoms with E-state index in [4.69, 9.17) is 10.2 Å². The number of sulfonamides is 1. The Kier molecular flexibility index (Phi) is 8.82. The summed E-state index contributed by atoms with van der Waals surface area (Å²) in [4.78, 5) is 21.4. The first-order chi connectivity index (χ1) is 15.1. The molecule has 0 aromatic heterocycles. The van der Waals surface area contributed by atoms with Gasteiger partial charge in [-0.15, -0.1) is 12.6 Å². The van der Waals surface area contributed by atoms with Crippen LogP contribution in [0.2, 0.25) is 0 Å². The summed E-state index contributed by atoms with van der Waals surface area (Å²) in [6.45, 7) is 1.88. The zero-order valence-corrected chi connectivity index (χ0v) is 18.9. The van der Waals surface area contributed by atoms with E-state index in [0.29, 0.717) is 6.54 Å². The van der Waals surface area contributed by atoms with Gasteiger partial charge in [-0.1, -0.05) is 48.5 Å². The summed E-state index contributed by atoms with van der Waals surface area (Å²) in [5.74, 6) is -1.29. The maximum Gasteiger partial charge on any atom is 0.335 e. The number of carbonyl (C=O) groups is 2. The number of primary sulfonamides is 1. The number of thiol groups is 1. The lowest BCUT2D eigenvalue weighted by Crippen LogP contribution is -2.15. The Hall–Kier alpha value is -3.34. The molecule has 5 N–H and O–H groups in total. The predicted octanol–water partition coefficient (Wildman–Crippen LogP) is 3.58. The Labute approximate surface area is 191 Å². The molecule has 0 aliphatic heterocycles. The molecule has 0 unspecified atom stereocenters. The molecule has 168 valence electrons. The van der Waals surface area contributed by atoms with E-state index in [-0.39, 0.29) is 26.9 Å². The van der Waals surface area contributed by atoms with Gasteiger partial charge in [0.05, 0.1) is 16.1 Å². The Morgan fingerprint density at radius 3 is 2.06 bits per heavy atom. The van der Waals surface area contributed by atoms with Crippen molar-refractivity contribution in [1.29, 1.82) is 0 Å². The monoisotopic (exact) mass is 473 g/mol. The van der Waals surface area contributed by atoms with Gasteiger partial charge in [-0.3, -0.25) is 4.79 Å². The first kappa shape index (κ1) is 24.9. The van der Waals surface area contributed by atoms with Crippen LogP contribution in [0.1, 0.15) is 22.8 Å². The van der Waals surface area contributed by atoms with Crippen LogP contribution in [0.3, 0.4) is 0 Å². The molecule has 8 nitrogen and oxygen atoms in total. The summed E-state index contributed by atoms with van der Waals surface area (Å²) in [5, 5.41) is 19.8. The molecule has 1 amide bonds. The second kappa shape index (κ2) is 11.3. The SMILES string of the molecule is CC(=O)Nc1ccccc1.NS(=O)(=O)c1cc(C(=O)O)cc(NCc2ccccc2)c1S. The molecule has 0 saturated heterocycles. The van der Waals surface area contributed by atoms with Crippen LogP contribution in [0.4, 0.5) is 11.4 Å². The van der Waals surface area contributed by atoms with Crippen molar-refractivity contribution in [3.05, 3.63) is 83.9 Å². The van der Waals surface area contributed by atoms with Gasteiger partial charge in [0.15, 0.2) is 0 Å². The van der Waals surface area contributed by atoms with Crippen molar-refractivity contribution in [2.24, 2.45) is 5.14 Å². The molecule has 3 aromatic carbocycles. The van der Waals surface area contributed by atoms with E-state index in [2.05, 4.69) is 23.3 Å². The van der Waals surface area contributed by atoms with Crippen molar-refractivity contribution in [3.8, 4) is 0 Å². The minimum Gasteiger partial charge on any atom is -0.478 e. The summed E-state index contributed by atoms with van der Waals surface area (Å²) in [7, 11) is -4.07. The molecule has 0 radical (unpaired) electrons. The Morgan fingerprint density at radius 1 is 1.00 bits per heavy atom. The van der Waals surface area contributed by atoms with Gasteiger partial charge in [-0.25, -0.2) is 18.4 Å². The number of amides is 1. The van der Waals surface area contributed by atoms with Gasteiger partial charge < -0.3 is 15.7 Å². The van der Waals surface area contributed by atoms with Crippen molar-refractivity contribution >= 4 is 45.9 Å².